The minimum atomic E-state index is 0.776. The number of ether oxygens (including phenoxy) is 1. The first-order valence-corrected chi connectivity index (χ1v) is 8.24. The van der Waals surface area contributed by atoms with Gasteiger partial charge in [0, 0.05) is 33.8 Å². The Morgan fingerprint density at radius 3 is 3.05 bits per heavy atom. The van der Waals surface area contributed by atoms with Gasteiger partial charge in [0.2, 0.25) is 0 Å². The molecule has 1 saturated carbocycles. The van der Waals surface area contributed by atoms with Crippen LogP contribution in [0.4, 0.5) is 0 Å². The summed E-state index contributed by atoms with van der Waals surface area (Å²) in [6.07, 6.45) is 3.73. The summed E-state index contributed by atoms with van der Waals surface area (Å²) < 4.78 is 5.66. The van der Waals surface area contributed by atoms with Crippen molar-refractivity contribution in [1.82, 2.24) is 10.2 Å². The van der Waals surface area contributed by atoms with E-state index in [9.17, 15) is 0 Å². The zero-order valence-electron chi connectivity index (χ0n) is 12.5. The molecule has 1 aliphatic rings. The maximum absolute atomic E-state index is 5.66. The predicted octanol–water partition coefficient (Wildman–Crippen LogP) is 2.22. The lowest BCUT2D eigenvalue weighted by Crippen LogP contribution is -2.41. The summed E-state index contributed by atoms with van der Waals surface area (Å²) in [5.74, 6) is 1.78. The SMILES string of the molecule is CN=C(NCCc1ccsc1)N(C)CCOCC1CC1. The second-order valence-electron chi connectivity index (χ2n) is 5.30. The molecular weight excluding hydrogens is 270 g/mol. The van der Waals surface area contributed by atoms with E-state index >= 15 is 0 Å². The van der Waals surface area contributed by atoms with Gasteiger partial charge in [0.25, 0.3) is 0 Å². The van der Waals surface area contributed by atoms with Gasteiger partial charge in [-0.1, -0.05) is 0 Å². The fourth-order valence-electron chi connectivity index (χ4n) is 1.98. The zero-order chi connectivity index (χ0) is 14.2. The van der Waals surface area contributed by atoms with E-state index in [1.807, 2.05) is 7.05 Å². The standard InChI is InChI=1S/C15H25N3OS/c1-16-15(17-7-5-14-6-10-20-12-14)18(2)8-9-19-11-13-3-4-13/h6,10,12-13H,3-5,7-9,11H2,1-2H3,(H,16,17). The number of hydrogen-bond acceptors (Lipinski definition) is 3. The molecule has 4 nitrogen and oxygen atoms in total. The number of nitrogens with one attached hydrogen (secondary N) is 1. The van der Waals surface area contributed by atoms with E-state index in [1.165, 1.54) is 18.4 Å². The van der Waals surface area contributed by atoms with E-state index in [0.29, 0.717) is 0 Å². The Labute approximate surface area is 125 Å². The van der Waals surface area contributed by atoms with Crippen molar-refractivity contribution in [3.05, 3.63) is 22.4 Å². The summed E-state index contributed by atoms with van der Waals surface area (Å²) in [5, 5.41) is 7.71. The van der Waals surface area contributed by atoms with Crippen LogP contribution in [0.2, 0.25) is 0 Å². The van der Waals surface area contributed by atoms with Gasteiger partial charge in [0.15, 0.2) is 5.96 Å². The lowest BCUT2D eigenvalue weighted by atomic mass is 10.2. The third-order valence-electron chi connectivity index (χ3n) is 3.47. The molecule has 20 heavy (non-hydrogen) atoms. The number of hydrogen-bond donors (Lipinski definition) is 1. The quantitative estimate of drug-likeness (QED) is 0.454. The second kappa shape index (κ2) is 8.27. The van der Waals surface area contributed by atoms with Gasteiger partial charge in [0.1, 0.15) is 0 Å². The molecule has 1 aromatic heterocycles. The van der Waals surface area contributed by atoms with Crippen LogP contribution in [-0.4, -0.2) is 51.3 Å². The molecule has 1 heterocycles. The molecule has 5 heteroatoms. The van der Waals surface area contributed by atoms with E-state index in [-0.39, 0.29) is 0 Å². The molecule has 1 aliphatic carbocycles. The first-order valence-electron chi connectivity index (χ1n) is 7.30. The molecule has 0 amide bonds. The van der Waals surface area contributed by atoms with Crippen LogP contribution in [0.3, 0.4) is 0 Å². The lowest BCUT2D eigenvalue weighted by molar-refractivity contribution is 0.115. The Balaban J connectivity index is 1.59. The third kappa shape index (κ3) is 5.51. The van der Waals surface area contributed by atoms with Crippen molar-refractivity contribution >= 4 is 17.3 Å². The monoisotopic (exact) mass is 295 g/mol. The first kappa shape index (κ1) is 15.3. The molecule has 0 saturated heterocycles. The van der Waals surface area contributed by atoms with Gasteiger partial charge in [-0.2, -0.15) is 11.3 Å². The summed E-state index contributed by atoms with van der Waals surface area (Å²) in [6.45, 7) is 3.50. The highest BCUT2D eigenvalue weighted by Crippen LogP contribution is 2.28. The molecule has 0 bridgehead atoms. The molecule has 0 aromatic carbocycles. The molecule has 1 aromatic rings. The third-order valence-corrected chi connectivity index (χ3v) is 4.20. The van der Waals surface area contributed by atoms with Crippen LogP contribution in [0.5, 0.6) is 0 Å². The molecule has 1 fully saturated rings. The first-order chi connectivity index (χ1) is 9.79. The van der Waals surface area contributed by atoms with Crippen LogP contribution in [-0.2, 0) is 11.2 Å². The molecule has 1 N–H and O–H groups in total. The molecule has 0 spiro atoms. The molecule has 112 valence electrons. The predicted molar refractivity (Wildman–Crippen MR) is 85.6 cm³/mol. The second-order valence-corrected chi connectivity index (χ2v) is 6.08. The van der Waals surface area contributed by atoms with Crippen molar-refractivity contribution in [2.24, 2.45) is 10.9 Å². The van der Waals surface area contributed by atoms with Gasteiger partial charge in [-0.3, -0.25) is 4.99 Å². The maximum Gasteiger partial charge on any atom is 0.193 e. The van der Waals surface area contributed by atoms with Gasteiger partial charge >= 0.3 is 0 Å². The van der Waals surface area contributed by atoms with Crippen LogP contribution >= 0.6 is 11.3 Å². The smallest absolute Gasteiger partial charge is 0.193 e. The average molecular weight is 295 g/mol. The number of aliphatic imine (C=N–C) groups is 1. The average Bonchev–Trinajstić information content (AvgIpc) is 3.14. The van der Waals surface area contributed by atoms with E-state index in [2.05, 4.69) is 39.1 Å². The van der Waals surface area contributed by atoms with Crippen molar-refractivity contribution in [3.8, 4) is 0 Å². The molecule has 2 rings (SSSR count). The van der Waals surface area contributed by atoms with Gasteiger partial charge in [0.05, 0.1) is 6.61 Å². The Morgan fingerprint density at radius 2 is 2.40 bits per heavy atom. The van der Waals surface area contributed by atoms with Crippen LogP contribution < -0.4 is 5.32 Å². The van der Waals surface area contributed by atoms with E-state index in [4.69, 9.17) is 4.74 Å². The minimum absolute atomic E-state index is 0.776. The highest BCUT2D eigenvalue weighted by atomic mass is 32.1. The number of nitrogens with zero attached hydrogens (tertiary/aromatic N) is 2. The van der Waals surface area contributed by atoms with Crippen molar-refractivity contribution in [3.63, 3.8) is 0 Å². The van der Waals surface area contributed by atoms with Gasteiger partial charge in [-0.05, 0) is 47.6 Å². The molecule has 0 unspecified atom stereocenters. The summed E-state index contributed by atoms with van der Waals surface area (Å²) in [7, 11) is 3.88. The van der Waals surface area contributed by atoms with Gasteiger partial charge in [-0.25, -0.2) is 0 Å². The lowest BCUT2D eigenvalue weighted by Gasteiger charge is -2.22. The number of rotatable bonds is 8. The van der Waals surface area contributed by atoms with Crippen molar-refractivity contribution in [1.29, 1.82) is 0 Å². The summed E-state index contributed by atoms with van der Waals surface area (Å²) >= 11 is 1.75. The molecule has 0 atom stereocenters. The molecule has 0 radical (unpaired) electrons. The Hall–Kier alpha value is -1.07. The van der Waals surface area contributed by atoms with E-state index in [0.717, 1.165) is 44.6 Å². The zero-order valence-corrected chi connectivity index (χ0v) is 13.3. The number of thiophene rings is 1. The number of guanidine groups is 1. The highest BCUT2D eigenvalue weighted by Gasteiger charge is 2.21. The van der Waals surface area contributed by atoms with Gasteiger partial charge < -0.3 is 15.0 Å². The molecule has 0 aliphatic heterocycles. The summed E-state index contributed by atoms with van der Waals surface area (Å²) in [4.78, 5) is 6.44. The molecular formula is C15H25N3OS. The summed E-state index contributed by atoms with van der Waals surface area (Å²) in [6, 6.07) is 2.17. The van der Waals surface area contributed by atoms with Crippen molar-refractivity contribution in [2.45, 2.75) is 19.3 Å². The van der Waals surface area contributed by atoms with E-state index < -0.39 is 0 Å². The Kier molecular flexibility index (Phi) is 6.33. The normalized spacial score (nSPS) is 15.4. The minimum Gasteiger partial charge on any atom is -0.379 e. The van der Waals surface area contributed by atoms with Crippen LogP contribution in [0.15, 0.2) is 21.8 Å². The van der Waals surface area contributed by atoms with E-state index in [1.54, 1.807) is 11.3 Å². The van der Waals surface area contributed by atoms with Crippen LogP contribution in [0.1, 0.15) is 18.4 Å². The van der Waals surface area contributed by atoms with Crippen molar-refractivity contribution in [2.75, 3.05) is 40.4 Å². The topological polar surface area (TPSA) is 36.9 Å². The maximum atomic E-state index is 5.66. The Bertz CT molecular complexity index is 401. The largest absolute Gasteiger partial charge is 0.379 e. The fraction of sp³-hybridized carbons (Fsp3) is 0.667. The van der Waals surface area contributed by atoms with Crippen LogP contribution in [0.25, 0.3) is 0 Å². The fourth-order valence-corrected chi connectivity index (χ4v) is 2.68. The number of likely N-dealkylation sites (N-methyl/N-ethyl adjacent to an activating group) is 1. The van der Waals surface area contributed by atoms with Crippen molar-refractivity contribution < 1.29 is 4.74 Å². The van der Waals surface area contributed by atoms with Crippen LogP contribution in [0, 0.1) is 5.92 Å². The summed E-state index contributed by atoms with van der Waals surface area (Å²) in [5.41, 5.74) is 1.38. The van der Waals surface area contributed by atoms with Gasteiger partial charge in [-0.15, -0.1) is 0 Å². The Morgan fingerprint density at radius 1 is 1.55 bits per heavy atom. The highest BCUT2D eigenvalue weighted by molar-refractivity contribution is 7.07.